The standard InChI is InChI=1S/C23H45NO3Si/c1-12-15-21(27-28(17(4)5,18(6)7)19(8)9)20(14-3)26-22(16-13-2)23(25)24(10)11/h12-13,17-22H,1-2,14-16H2,3-11H3/t20-,21-,22+/m1/s1. The maximum atomic E-state index is 12.6. The predicted octanol–water partition coefficient (Wildman–Crippen LogP) is 5.95. The van der Waals surface area contributed by atoms with Crippen LogP contribution in [0.4, 0.5) is 0 Å². The van der Waals surface area contributed by atoms with Crippen LogP contribution < -0.4 is 0 Å². The van der Waals surface area contributed by atoms with Crippen molar-refractivity contribution in [1.82, 2.24) is 4.90 Å². The first-order chi connectivity index (χ1) is 13.0. The molecule has 164 valence electrons. The van der Waals surface area contributed by atoms with E-state index in [9.17, 15) is 4.79 Å². The third-order valence-electron chi connectivity index (χ3n) is 5.71. The molecule has 3 atom stereocenters. The van der Waals surface area contributed by atoms with Gasteiger partial charge < -0.3 is 14.1 Å². The Hall–Kier alpha value is -0.913. The highest BCUT2D eigenvalue weighted by Gasteiger charge is 2.47. The van der Waals surface area contributed by atoms with Gasteiger partial charge >= 0.3 is 0 Å². The number of likely N-dealkylation sites (N-methyl/N-ethyl adjacent to an activating group) is 1. The van der Waals surface area contributed by atoms with E-state index < -0.39 is 14.4 Å². The van der Waals surface area contributed by atoms with Gasteiger partial charge in [0.25, 0.3) is 5.91 Å². The molecule has 0 aliphatic carbocycles. The van der Waals surface area contributed by atoms with Gasteiger partial charge in [-0.1, -0.05) is 60.6 Å². The fraction of sp³-hybridized carbons (Fsp3) is 0.783. The van der Waals surface area contributed by atoms with Gasteiger partial charge in [0.2, 0.25) is 8.32 Å². The molecule has 0 saturated carbocycles. The molecule has 0 spiro atoms. The van der Waals surface area contributed by atoms with E-state index in [2.05, 4.69) is 61.6 Å². The van der Waals surface area contributed by atoms with Crippen LogP contribution in [0.5, 0.6) is 0 Å². The lowest BCUT2D eigenvalue weighted by atomic mass is 10.1. The minimum Gasteiger partial charge on any atom is -0.410 e. The fourth-order valence-electron chi connectivity index (χ4n) is 4.42. The van der Waals surface area contributed by atoms with Crippen molar-refractivity contribution in [1.29, 1.82) is 0 Å². The molecule has 0 unspecified atom stereocenters. The maximum absolute atomic E-state index is 12.6. The van der Waals surface area contributed by atoms with Crippen LogP contribution in [0.1, 0.15) is 67.7 Å². The smallest absolute Gasteiger partial charge is 0.251 e. The second kappa shape index (κ2) is 12.6. The highest BCUT2D eigenvalue weighted by atomic mass is 28.4. The number of hydrogen-bond donors (Lipinski definition) is 0. The first-order valence-corrected chi connectivity index (χ1v) is 12.9. The minimum absolute atomic E-state index is 0.0317. The van der Waals surface area contributed by atoms with Gasteiger partial charge in [-0.3, -0.25) is 4.79 Å². The van der Waals surface area contributed by atoms with Gasteiger partial charge in [0.05, 0.1) is 12.2 Å². The minimum atomic E-state index is -2.07. The molecule has 0 rings (SSSR count). The lowest BCUT2D eigenvalue weighted by Gasteiger charge is -2.46. The summed E-state index contributed by atoms with van der Waals surface area (Å²) < 4.78 is 13.4. The number of nitrogens with zero attached hydrogens (tertiary/aromatic N) is 1. The number of carbonyl (C=O) groups excluding carboxylic acids is 1. The Kier molecular flexibility index (Phi) is 12.2. The summed E-state index contributed by atoms with van der Waals surface area (Å²) in [6.07, 6.45) is 4.88. The average molecular weight is 412 g/mol. The number of rotatable bonds is 14. The summed E-state index contributed by atoms with van der Waals surface area (Å²) in [7, 11) is 1.45. The van der Waals surface area contributed by atoms with Gasteiger partial charge in [-0.2, -0.15) is 0 Å². The fourth-order valence-corrected chi connectivity index (χ4v) is 10.0. The largest absolute Gasteiger partial charge is 0.410 e. The number of amides is 1. The monoisotopic (exact) mass is 411 g/mol. The lowest BCUT2D eigenvalue weighted by molar-refractivity contribution is -0.149. The number of ether oxygens (including phenoxy) is 1. The molecular formula is C23H45NO3Si. The summed E-state index contributed by atoms with van der Waals surface area (Å²) in [6, 6.07) is 0. The van der Waals surface area contributed by atoms with Crippen molar-refractivity contribution in [3.8, 4) is 0 Å². The van der Waals surface area contributed by atoms with E-state index in [0.29, 0.717) is 23.0 Å². The van der Waals surface area contributed by atoms with Crippen molar-refractivity contribution in [2.24, 2.45) is 0 Å². The topological polar surface area (TPSA) is 38.8 Å². The van der Waals surface area contributed by atoms with Crippen LogP contribution in [-0.4, -0.2) is 51.5 Å². The molecular weight excluding hydrogens is 366 g/mol. The van der Waals surface area contributed by atoms with E-state index in [4.69, 9.17) is 9.16 Å². The molecule has 0 aromatic rings. The van der Waals surface area contributed by atoms with Gasteiger partial charge in [-0.05, 0) is 29.5 Å². The Balaban J connectivity index is 5.83. The summed E-state index contributed by atoms with van der Waals surface area (Å²) in [5.41, 5.74) is 1.47. The molecule has 0 heterocycles. The van der Waals surface area contributed by atoms with Crippen molar-refractivity contribution < 1.29 is 14.0 Å². The zero-order valence-corrected chi connectivity index (χ0v) is 20.8. The first-order valence-electron chi connectivity index (χ1n) is 10.8. The normalized spacial score (nSPS) is 15.6. The van der Waals surface area contributed by atoms with E-state index in [0.717, 1.165) is 12.8 Å². The highest BCUT2D eigenvalue weighted by Crippen LogP contribution is 2.44. The molecule has 4 nitrogen and oxygen atoms in total. The van der Waals surface area contributed by atoms with Crippen molar-refractivity contribution in [3.05, 3.63) is 25.3 Å². The summed E-state index contributed by atoms with van der Waals surface area (Å²) in [6.45, 7) is 23.6. The van der Waals surface area contributed by atoms with Crippen LogP contribution in [0.25, 0.3) is 0 Å². The Labute approximate surface area is 175 Å². The summed E-state index contributed by atoms with van der Waals surface area (Å²) in [5, 5.41) is 0. The predicted molar refractivity (Wildman–Crippen MR) is 123 cm³/mol. The van der Waals surface area contributed by atoms with E-state index in [-0.39, 0.29) is 18.1 Å². The van der Waals surface area contributed by atoms with Gasteiger partial charge in [-0.15, -0.1) is 13.2 Å². The number of hydrogen-bond acceptors (Lipinski definition) is 3. The summed E-state index contributed by atoms with van der Waals surface area (Å²) >= 11 is 0. The maximum Gasteiger partial charge on any atom is 0.251 e. The van der Waals surface area contributed by atoms with E-state index in [1.54, 1.807) is 25.1 Å². The van der Waals surface area contributed by atoms with Crippen LogP contribution in [0.15, 0.2) is 25.3 Å². The highest BCUT2D eigenvalue weighted by molar-refractivity contribution is 6.77. The third kappa shape index (κ3) is 6.85. The second-order valence-corrected chi connectivity index (χ2v) is 14.2. The SMILES string of the molecule is C=CC[C@H](O[C@H](CC)[C@@H](CC=C)O[Si](C(C)C)(C(C)C)C(C)C)C(=O)N(C)C. The first kappa shape index (κ1) is 27.1. The molecule has 0 saturated heterocycles. The molecule has 0 aromatic heterocycles. The quantitative estimate of drug-likeness (QED) is 0.262. The second-order valence-electron chi connectivity index (χ2n) is 8.83. The van der Waals surface area contributed by atoms with Crippen LogP contribution >= 0.6 is 0 Å². The zero-order valence-electron chi connectivity index (χ0n) is 19.8. The van der Waals surface area contributed by atoms with E-state index in [1.807, 2.05) is 6.08 Å². The van der Waals surface area contributed by atoms with Crippen LogP contribution in [0, 0.1) is 0 Å². The van der Waals surface area contributed by atoms with E-state index >= 15 is 0 Å². The summed E-state index contributed by atoms with van der Waals surface area (Å²) in [5.74, 6) is -0.0317. The van der Waals surface area contributed by atoms with Crippen LogP contribution in [0.2, 0.25) is 16.6 Å². The van der Waals surface area contributed by atoms with Gasteiger partial charge in [0.1, 0.15) is 6.10 Å². The zero-order chi connectivity index (χ0) is 22.1. The van der Waals surface area contributed by atoms with Crippen LogP contribution in [0.3, 0.4) is 0 Å². The molecule has 0 aromatic carbocycles. The van der Waals surface area contributed by atoms with Crippen LogP contribution in [-0.2, 0) is 14.0 Å². The molecule has 0 bridgehead atoms. The molecule has 1 amide bonds. The molecule has 0 radical (unpaired) electrons. The van der Waals surface area contributed by atoms with Crippen molar-refractivity contribution >= 4 is 14.2 Å². The Morgan fingerprint density at radius 1 is 0.929 bits per heavy atom. The molecule has 0 fully saturated rings. The van der Waals surface area contributed by atoms with Crippen molar-refractivity contribution in [3.63, 3.8) is 0 Å². The number of carbonyl (C=O) groups is 1. The summed E-state index contributed by atoms with van der Waals surface area (Å²) in [4.78, 5) is 14.2. The van der Waals surface area contributed by atoms with Crippen molar-refractivity contribution in [2.75, 3.05) is 14.1 Å². The lowest BCUT2D eigenvalue weighted by Crippen LogP contribution is -2.53. The third-order valence-corrected chi connectivity index (χ3v) is 11.8. The molecule has 0 aliphatic rings. The molecule has 0 N–H and O–H groups in total. The van der Waals surface area contributed by atoms with E-state index in [1.165, 1.54) is 0 Å². The van der Waals surface area contributed by atoms with Gasteiger partial charge in [0, 0.05) is 20.5 Å². The van der Waals surface area contributed by atoms with Crippen molar-refractivity contribution in [2.45, 2.75) is 103 Å². The Bertz CT molecular complexity index is 466. The Morgan fingerprint density at radius 3 is 1.71 bits per heavy atom. The van der Waals surface area contributed by atoms with Gasteiger partial charge in [-0.25, -0.2) is 0 Å². The molecule has 0 aliphatic heterocycles. The Morgan fingerprint density at radius 2 is 1.39 bits per heavy atom. The van der Waals surface area contributed by atoms with Gasteiger partial charge in [0.15, 0.2) is 0 Å². The molecule has 5 heteroatoms. The molecule has 28 heavy (non-hydrogen) atoms. The average Bonchev–Trinajstić information content (AvgIpc) is 2.60.